The summed E-state index contributed by atoms with van der Waals surface area (Å²) in [7, 11) is -2.30. The molecule has 0 radical (unpaired) electrons. The van der Waals surface area contributed by atoms with E-state index in [-0.39, 0.29) is 11.6 Å². The van der Waals surface area contributed by atoms with Gasteiger partial charge in [0.25, 0.3) is 0 Å². The summed E-state index contributed by atoms with van der Waals surface area (Å²) in [6, 6.07) is 78.5. The van der Waals surface area contributed by atoms with Crippen molar-refractivity contribution in [2.45, 2.75) is 38.8 Å². The van der Waals surface area contributed by atoms with Crippen LogP contribution < -0.4 is 4.90 Å². The highest BCUT2D eigenvalue weighted by Crippen LogP contribution is 2.74. The van der Waals surface area contributed by atoms with Gasteiger partial charge in [-0.15, -0.1) is 10.0 Å². The van der Waals surface area contributed by atoms with Crippen LogP contribution >= 0.6 is 10.0 Å². The number of halogens is 2. The van der Waals surface area contributed by atoms with Gasteiger partial charge in [-0.1, -0.05) is 166 Å². The first kappa shape index (κ1) is 39.5. The summed E-state index contributed by atoms with van der Waals surface area (Å²) in [5, 5.41) is 0. The molecule has 0 fully saturated rings. The number of fused-ring (bicyclic) bond motifs is 3. The van der Waals surface area contributed by atoms with Crippen LogP contribution in [0.15, 0.2) is 256 Å². The van der Waals surface area contributed by atoms with E-state index in [4.69, 9.17) is 0 Å². The van der Waals surface area contributed by atoms with Gasteiger partial charge >= 0.3 is 0 Å². The molecular weight excluding hydrogens is 769 g/mol. The average Bonchev–Trinajstić information content (AvgIpc) is 3.64. The lowest BCUT2D eigenvalue weighted by atomic mass is 9.67. The quantitative estimate of drug-likeness (QED) is 0.140. The molecular formula is C57H45F2NS. The Morgan fingerprint density at radius 2 is 0.738 bits per heavy atom. The minimum Gasteiger partial charge on any atom is -0.308 e. The van der Waals surface area contributed by atoms with Crippen molar-refractivity contribution in [3.8, 4) is 11.1 Å². The van der Waals surface area contributed by atoms with E-state index in [9.17, 15) is 0 Å². The molecule has 61 heavy (non-hydrogen) atoms. The van der Waals surface area contributed by atoms with Gasteiger partial charge in [0.05, 0.1) is 11.1 Å². The summed E-state index contributed by atoms with van der Waals surface area (Å²) >= 11 is 0. The maximum atomic E-state index is 18.1. The summed E-state index contributed by atoms with van der Waals surface area (Å²) in [6.45, 7) is 4.00. The molecule has 9 aromatic rings. The van der Waals surface area contributed by atoms with Gasteiger partial charge in [0.1, 0.15) is 11.6 Å². The van der Waals surface area contributed by atoms with Crippen molar-refractivity contribution in [3.05, 3.63) is 270 Å². The smallest absolute Gasteiger partial charge is 0.147 e. The molecule has 0 amide bonds. The second kappa shape index (κ2) is 16.9. The van der Waals surface area contributed by atoms with E-state index in [0.29, 0.717) is 10.6 Å². The number of benzene rings is 9. The van der Waals surface area contributed by atoms with Crippen molar-refractivity contribution in [1.29, 1.82) is 0 Å². The number of hydrogen-bond donors (Lipinski definition) is 0. The first-order valence-corrected chi connectivity index (χ1v) is 22.4. The van der Waals surface area contributed by atoms with E-state index >= 15 is 8.78 Å². The Labute approximate surface area is 359 Å². The summed E-state index contributed by atoms with van der Waals surface area (Å²) in [4.78, 5) is 5.66. The van der Waals surface area contributed by atoms with Crippen molar-refractivity contribution in [3.63, 3.8) is 0 Å². The van der Waals surface area contributed by atoms with Gasteiger partial charge in [-0.2, -0.15) is 0 Å². The molecule has 9 aromatic carbocycles. The molecule has 0 spiro atoms. The average molecular weight is 814 g/mol. The first-order chi connectivity index (χ1) is 30.1. The van der Waals surface area contributed by atoms with Gasteiger partial charge in [-0.3, -0.25) is 0 Å². The number of rotatable bonds is 9. The molecule has 298 valence electrons. The van der Waals surface area contributed by atoms with Crippen LogP contribution in [0.1, 0.15) is 36.1 Å². The molecule has 4 heteroatoms. The third-order valence-corrected chi connectivity index (χ3v) is 15.5. The molecule has 0 N–H and O–H groups in total. The Morgan fingerprint density at radius 1 is 0.377 bits per heavy atom. The van der Waals surface area contributed by atoms with Crippen LogP contribution in [-0.4, -0.2) is 0 Å². The summed E-state index contributed by atoms with van der Waals surface area (Å²) in [5.74, 6) is -0.694. The van der Waals surface area contributed by atoms with Crippen molar-refractivity contribution >= 4 is 27.1 Å². The van der Waals surface area contributed by atoms with Gasteiger partial charge in [0, 0.05) is 31.0 Å². The van der Waals surface area contributed by atoms with Gasteiger partial charge in [-0.25, -0.2) is 8.78 Å². The fourth-order valence-corrected chi connectivity index (χ4v) is 13.1. The molecule has 0 atom stereocenters. The largest absolute Gasteiger partial charge is 0.308 e. The topological polar surface area (TPSA) is 3.24 Å². The lowest BCUT2D eigenvalue weighted by Gasteiger charge is -2.42. The molecule has 10 rings (SSSR count). The maximum absolute atomic E-state index is 18.1. The number of hydrogen-bond acceptors (Lipinski definition) is 1. The Hall–Kier alpha value is -7.01. The minimum absolute atomic E-state index is 0.313. The van der Waals surface area contributed by atoms with Crippen LogP contribution in [0.4, 0.5) is 25.8 Å². The normalized spacial score (nSPS) is 12.7. The number of para-hydroxylation sites is 2. The zero-order valence-corrected chi connectivity index (χ0v) is 34.9. The third-order valence-electron chi connectivity index (χ3n) is 11.6. The highest BCUT2D eigenvalue weighted by molar-refractivity contribution is 8.34. The second-order valence-corrected chi connectivity index (χ2v) is 17.8. The van der Waals surface area contributed by atoms with Crippen LogP contribution in [0, 0.1) is 11.6 Å². The summed E-state index contributed by atoms with van der Waals surface area (Å²) in [6.07, 6.45) is 0. The molecule has 0 bridgehead atoms. The first-order valence-electron chi connectivity index (χ1n) is 20.8. The second-order valence-electron chi connectivity index (χ2n) is 14.7. The van der Waals surface area contributed by atoms with E-state index in [0.717, 1.165) is 59.4 Å². The molecule has 0 saturated heterocycles. The molecule has 0 heterocycles. The van der Waals surface area contributed by atoms with E-state index in [2.05, 4.69) is 66.7 Å². The Balaban J connectivity index is 0.00000235. The number of anilines is 3. The Kier molecular flexibility index (Phi) is 10.9. The van der Waals surface area contributed by atoms with Crippen molar-refractivity contribution < 1.29 is 8.78 Å². The van der Waals surface area contributed by atoms with E-state index in [1.165, 1.54) is 0 Å². The Morgan fingerprint density at radius 3 is 1.15 bits per heavy atom. The van der Waals surface area contributed by atoms with Gasteiger partial charge in [0.15, 0.2) is 0 Å². The monoisotopic (exact) mass is 813 g/mol. The van der Waals surface area contributed by atoms with Crippen LogP contribution in [-0.2, 0) is 5.41 Å². The Bertz CT molecular complexity index is 2720. The third kappa shape index (κ3) is 6.55. The van der Waals surface area contributed by atoms with Crippen LogP contribution in [0.2, 0.25) is 0 Å². The highest BCUT2D eigenvalue weighted by atomic mass is 32.3. The minimum atomic E-state index is -2.30. The SMILES string of the molecule is CC.Fc1cc(C2(c3ccc(S(c4ccccc4)(c4ccccc4)c4ccccc4)c(F)c3)c3ccccc3-c3ccccc32)ccc1N(c1ccccc1)c1ccccc1. The van der Waals surface area contributed by atoms with Crippen molar-refractivity contribution in [2.75, 3.05) is 4.90 Å². The molecule has 1 aliphatic carbocycles. The summed E-state index contributed by atoms with van der Waals surface area (Å²) < 4.78 is 35.4. The zero-order valence-electron chi connectivity index (χ0n) is 34.1. The predicted octanol–water partition coefficient (Wildman–Crippen LogP) is 16.2. The summed E-state index contributed by atoms with van der Waals surface area (Å²) in [5.41, 5.74) is 6.59. The van der Waals surface area contributed by atoms with E-state index in [1.807, 2.05) is 176 Å². The van der Waals surface area contributed by atoms with Crippen LogP contribution in [0.3, 0.4) is 0 Å². The number of nitrogens with zero attached hydrogens (tertiary/aromatic N) is 1. The zero-order chi connectivity index (χ0) is 41.8. The van der Waals surface area contributed by atoms with E-state index in [1.54, 1.807) is 12.1 Å². The van der Waals surface area contributed by atoms with E-state index < -0.39 is 15.4 Å². The standard InChI is InChI=1S/C55H39F2NS.C2H6/c56-51-38-40(34-36-53(51)58(42-20-6-1-7-21-42)43-22-8-2-9-23-43)55(49-32-18-16-30-47(49)48-31-17-19-33-50(48)55)41-35-37-54(52(57)39-41)59(44-24-10-3-11-25-44,45-26-12-4-13-27-45)46-28-14-5-15-29-46;1-2/h1-39H;1-2H3. The van der Waals surface area contributed by atoms with Crippen LogP contribution in [0.25, 0.3) is 11.1 Å². The van der Waals surface area contributed by atoms with Crippen LogP contribution in [0.5, 0.6) is 0 Å². The van der Waals surface area contributed by atoms with Crippen molar-refractivity contribution in [2.24, 2.45) is 0 Å². The van der Waals surface area contributed by atoms with Gasteiger partial charge < -0.3 is 4.90 Å². The maximum Gasteiger partial charge on any atom is 0.147 e. The molecule has 1 nitrogen and oxygen atoms in total. The molecule has 1 aliphatic rings. The predicted molar refractivity (Wildman–Crippen MR) is 250 cm³/mol. The highest BCUT2D eigenvalue weighted by Gasteiger charge is 2.47. The van der Waals surface area contributed by atoms with Gasteiger partial charge in [-0.05, 0) is 118 Å². The van der Waals surface area contributed by atoms with Crippen molar-refractivity contribution in [1.82, 2.24) is 0 Å². The lowest BCUT2D eigenvalue weighted by molar-refractivity contribution is 0.592. The molecule has 0 saturated carbocycles. The molecule has 0 aromatic heterocycles. The lowest BCUT2D eigenvalue weighted by Crippen LogP contribution is -2.29. The fourth-order valence-electron chi connectivity index (χ4n) is 9.17. The van der Waals surface area contributed by atoms with Gasteiger partial charge in [0.2, 0.25) is 0 Å². The molecule has 0 unspecified atom stereocenters. The molecule has 0 aliphatic heterocycles. The fraction of sp³-hybridized carbons (Fsp3) is 0.0526.